The molecule has 1 aromatic heterocycles. The number of aryl methyl sites for hydroxylation is 2. The second-order valence-corrected chi connectivity index (χ2v) is 7.91. The van der Waals surface area contributed by atoms with Crippen LogP contribution in [0.4, 0.5) is 14.9 Å². The van der Waals surface area contributed by atoms with Crippen LogP contribution in [-0.2, 0) is 9.59 Å². The molecule has 1 aliphatic heterocycles. The molecule has 8 heteroatoms. The summed E-state index contributed by atoms with van der Waals surface area (Å²) in [6, 6.07) is 12.0. The number of barbiturate groups is 1. The number of carbonyl (C=O) groups excluding carboxylic acids is 3. The van der Waals surface area contributed by atoms with Crippen molar-refractivity contribution >= 4 is 41.2 Å². The van der Waals surface area contributed by atoms with Crippen LogP contribution >= 0.6 is 11.6 Å². The Morgan fingerprint density at radius 3 is 2.41 bits per heavy atom. The standard InChI is InChI=1S/C24H19ClFN3O3/c1-13-8-9-17(12-19(13)25)29-23(31)18(22(30)27-24(29)32)11-16-10-14(2)28(15(16)3)21-7-5-4-6-20(21)26/h4-12H,1-3H3,(H,27,30,32)/b18-11-. The number of rotatable bonds is 3. The Bertz CT molecular complexity index is 1330. The first-order chi connectivity index (χ1) is 15.2. The molecule has 0 unspecified atom stereocenters. The van der Waals surface area contributed by atoms with E-state index in [9.17, 15) is 18.8 Å². The molecule has 4 amide bonds. The van der Waals surface area contributed by atoms with Gasteiger partial charge in [-0.3, -0.25) is 14.9 Å². The number of hydrogen-bond acceptors (Lipinski definition) is 3. The molecule has 0 spiro atoms. The average Bonchev–Trinajstić information content (AvgIpc) is 3.01. The highest BCUT2D eigenvalue weighted by Gasteiger charge is 2.37. The third-order valence-electron chi connectivity index (χ3n) is 5.38. The van der Waals surface area contributed by atoms with E-state index in [0.717, 1.165) is 16.2 Å². The van der Waals surface area contributed by atoms with E-state index >= 15 is 0 Å². The van der Waals surface area contributed by atoms with Gasteiger partial charge in [0.15, 0.2) is 0 Å². The Labute approximate surface area is 188 Å². The molecule has 1 fully saturated rings. The van der Waals surface area contributed by atoms with Gasteiger partial charge in [0, 0.05) is 16.4 Å². The number of hydrogen-bond donors (Lipinski definition) is 1. The number of halogens is 2. The molecule has 0 atom stereocenters. The monoisotopic (exact) mass is 451 g/mol. The fraction of sp³-hybridized carbons (Fsp3) is 0.125. The number of benzene rings is 2. The van der Waals surface area contributed by atoms with Crippen molar-refractivity contribution in [3.05, 3.63) is 87.5 Å². The number of carbonyl (C=O) groups is 3. The number of nitrogens with one attached hydrogen (secondary N) is 1. The van der Waals surface area contributed by atoms with Crippen molar-refractivity contribution in [1.29, 1.82) is 0 Å². The van der Waals surface area contributed by atoms with Crippen LogP contribution in [0.25, 0.3) is 11.8 Å². The van der Waals surface area contributed by atoms with Crippen molar-refractivity contribution < 1.29 is 18.8 Å². The maximum atomic E-state index is 14.4. The maximum absolute atomic E-state index is 14.4. The minimum absolute atomic E-state index is 0.213. The van der Waals surface area contributed by atoms with Gasteiger partial charge in [0.2, 0.25) is 0 Å². The second-order valence-electron chi connectivity index (χ2n) is 7.50. The van der Waals surface area contributed by atoms with E-state index in [1.165, 1.54) is 18.2 Å². The molecule has 1 aliphatic rings. The van der Waals surface area contributed by atoms with Crippen molar-refractivity contribution in [2.24, 2.45) is 0 Å². The molecule has 2 aromatic carbocycles. The van der Waals surface area contributed by atoms with E-state index in [-0.39, 0.29) is 11.3 Å². The normalized spacial score (nSPS) is 15.5. The first-order valence-corrected chi connectivity index (χ1v) is 10.2. The highest BCUT2D eigenvalue weighted by molar-refractivity contribution is 6.39. The fourth-order valence-corrected chi connectivity index (χ4v) is 3.88. The molecule has 0 saturated carbocycles. The van der Waals surface area contributed by atoms with Crippen LogP contribution in [0.15, 0.2) is 54.1 Å². The van der Waals surface area contributed by atoms with Crippen LogP contribution in [0.2, 0.25) is 5.02 Å². The van der Waals surface area contributed by atoms with E-state index in [1.54, 1.807) is 61.7 Å². The summed E-state index contributed by atoms with van der Waals surface area (Å²) < 4.78 is 16.1. The second kappa shape index (κ2) is 8.09. The predicted octanol–water partition coefficient (Wildman–Crippen LogP) is 4.86. The Morgan fingerprint density at radius 2 is 1.72 bits per heavy atom. The van der Waals surface area contributed by atoms with Crippen molar-refractivity contribution in [2.45, 2.75) is 20.8 Å². The van der Waals surface area contributed by atoms with E-state index in [4.69, 9.17) is 11.6 Å². The predicted molar refractivity (Wildman–Crippen MR) is 120 cm³/mol. The quantitative estimate of drug-likeness (QED) is 0.456. The zero-order valence-corrected chi connectivity index (χ0v) is 18.3. The number of amides is 4. The van der Waals surface area contributed by atoms with E-state index in [0.29, 0.717) is 22.0 Å². The number of aromatic nitrogens is 1. The van der Waals surface area contributed by atoms with Gasteiger partial charge in [0.1, 0.15) is 11.4 Å². The molecule has 3 aromatic rings. The smallest absolute Gasteiger partial charge is 0.315 e. The number of nitrogens with zero attached hydrogens (tertiary/aromatic N) is 2. The van der Waals surface area contributed by atoms with Crippen LogP contribution in [0.5, 0.6) is 0 Å². The Morgan fingerprint density at radius 1 is 1.00 bits per heavy atom. The molecular weight excluding hydrogens is 433 g/mol. The van der Waals surface area contributed by atoms with Crippen molar-refractivity contribution in [3.63, 3.8) is 0 Å². The molecule has 0 aliphatic carbocycles. The van der Waals surface area contributed by atoms with Crippen molar-refractivity contribution in [1.82, 2.24) is 9.88 Å². The number of imide groups is 2. The molecule has 0 radical (unpaired) electrons. The van der Waals surface area contributed by atoms with Gasteiger partial charge in [-0.25, -0.2) is 14.1 Å². The Balaban J connectivity index is 1.78. The lowest BCUT2D eigenvalue weighted by molar-refractivity contribution is -0.122. The molecule has 2 heterocycles. The van der Waals surface area contributed by atoms with E-state index in [1.807, 2.05) is 0 Å². The lowest BCUT2D eigenvalue weighted by atomic mass is 10.1. The number of urea groups is 1. The average molecular weight is 452 g/mol. The molecule has 162 valence electrons. The lowest BCUT2D eigenvalue weighted by Gasteiger charge is -2.26. The lowest BCUT2D eigenvalue weighted by Crippen LogP contribution is -2.54. The molecule has 6 nitrogen and oxygen atoms in total. The fourth-order valence-electron chi connectivity index (χ4n) is 3.71. The van der Waals surface area contributed by atoms with E-state index < -0.39 is 23.7 Å². The van der Waals surface area contributed by atoms with Crippen LogP contribution < -0.4 is 10.2 Å². The van der Waals surface area contributed by atoms with Gasteiger partial charge in [0.25, 0.3) is 11.8 Å². The molecule has 4 rings (SSSR count). The summed E-state index contributed by atoms with van der Waals surface area (Å²) in [6.45, 7) is 5.36. The third kappa shape index (κ3) is 3.61. The summed E-state index contributed by atoms with van der Waals surface area (Å²) in [7, 11) is 0. The highest BCUT2D eigenvalue weighted by atomic mass is 35.5. The van der Waals surface area contributed by atoms with Gasteiger partial charge in [-0.15, -0.1) is 0 Å². The summed E-state index contributed by atoms with van der Waals surface area (Å²) in [5.74, 6) is -1.97. The first-order valence-electron chi connectivity index (χ1n) is 9.80. The van der Waals surface area contributed by atoms with Gasteiger partial charge >= 0.3 is 6.03 Å². The molecule has 32 heavy (non-hydrogen) atoms. The van der Waals surface area contributed by atoms with Gasteiger partial charge in [0.05, 0.1) is 11.4 Å². The van der Waals surface area contributed by atoms with E-state index in [2.05, 4.69) is 5.32 Å². The van der Waals surface area contributed by atoms with Gasteiger partial charge in [-0.05, 0) is 68.3 Å². The summed E-state index contributed by atoms with van der Waals surface area (Å²) in [6.07, 6.45) is 1.41. The van der Waals surface area contributed by atoms with Gasteiger partial charge < -0.3 is 4.57 Å². The number of anilines is 1. The zero-order valence-electron chi connectivity index (χ0n) is 17.6. The highest BCUT2D eigenvalue weighted by Crippen LogP contribution is 2.28. The minimum Gasteiger partial charge on any atom is -0.315 e. The van der Waals surface area contributed by atoms with Crippen LogP contribution in [0.3, 0.4) is 0 Å². The summed E-state index contributed by atoms with van der Waals surface area (Å²) in [5, 5.41) is 2.58. The molecule has 1 N–H and O–H groups in total. The SMILES string of the molecule is Cc1ccc(N2C(=O)NC(=O)/C(=C/c3cc(C)n(-c4ccccc4F)c3C)C2=O)cc1Cl. The third-order valence-corrected chi connectivity index (χ3v) is 5.79. The first kappa shape index (κ1) is 21.5. The van der Waals surface area contributed by atoms with Gasteiger partial charge in [-0.2, -0.15) is 0 Å². The van der Waals surface area contributed by atoms with Gasteiger partial charge in [-0.1, -0.05) is 29.8 Å². The number of para-hydroxylation sites is 1. The summed E-state index contributed by atoms with van der Waals surface area (Å²) >= 11 is 6.15. The largest absolute Gasteiger partial charge is 0.335 e. The van der Waals surface area contributed by atoms with Crippen LogP contribution in [0.1, 0.15) is 22.5 Å². The molecular formula is C24H19ClFN3O3. The Kier molecular flexibility index (Phi) is 5.44. The molecule has 1 saturated heterocycles. The summed E-state index contributed by atoms with van der Waals surface area (Å²) in [4.78, 5) is 38.9. The van der Waals surface area contributed by atoms with Crippen molar-refractivity contribution in [3.8, 4) is 5.69 Å². The minimum atomic E-state index is -0.853. The zero-order chi connectivity index (χ0) is 23.2. The molecule has 0 bridgehead atoms. The Hall–Kier alpha value is -3.71. The summed E-state index contributed by atoms with van der Waals surface area (Å²) in [5.41, 5.74) is 3.10. The maximum Gasteiger partial charge on any atom is 0.335 e. The van der Waals surface area contributed by atoms with Crippen molar-refractivity contribution in [2.75, 3.05) is 4.90 Å². The van der Waals surface area contributed by atoms with Crippen LogP contribution in [-0.4, -0.2) is 22.4 Å². The van der Waals surface area contributed by atoms with Crippen LogP contribution in [0, 0.1) is 26.6 Å². The topological polar surface area (TPSA) is 71.4 Å².